The van der Waals surface area contributed by atoms with Gasteiger partial charge in [-0.25, -0.2) is 14.5 Å². The van der Waals surface area contributed by atoms with Crippen LogP contribution >= 0.6 is 0 Å². The van der Waals surface area contributed by atoms with Crippen LogP contribution in [-0.2, 0) is 4.74 Å². The van der Waals surface area contributed by atoms with Crippen LogP contribution in [0.15, 0.2) is 53.3 Å². The van der Waals surface area contributed by atoms with Crippen LogP contribution in [0.2, 0.25) is 0 Å². The normalized spacial score (nSPS) is 12.7. The van der Waals surface area contributed by atoms with Crippen LogP contribution in [0.4, 0.5) is 8.78 Å². The highest BCUT2D eigenvalue weighted by Crippen LogP contribution is 2.29. The molecule has 1 atom stereocenters. The number of alkyl halides is 2. The van der Waals surface area contributed by atoms with Crippen LogP contribution in [0, 0.1) is 0 Å². The minimum absolute atomic E-state index is 0.0598. The van der Waals surface area contributed by atoms with Crippen molar-refractivity contribution >= 4 is 27.8 Å². The first kappa shape index (κ1) is 20.6. The van der Waals surface area contributed by atoms with E-state index < -0.39 is 18.6 Å². The second-order valence-corrected chi connectivity index (χ2v) is 7.39. The number of para-hydroxylation sites is 2. The van der Waals surface area contributed by atoms with Gasteiger partial charge in [0.15, 0.2) is 17.6 Å². The van der Waals surface area contributed by atoms with E-state index in [9.17, 15) is 18.4 Å². The summed E-state index contributed by atoms with van der Waals surface area (Å²) < 4.78 is 34.9. The summed E-state index contributed by atoms with van der Waals surface area (Å²) in [7, 11) is 0. The summed E-state index contributed by atoms with van der Waals surface area (Å²) in [5, 5.41) is 4.86. The molecule has 160 valence electrons. The molecule has 0 aliphatic heterocycles. The summed E-state index contributed by atoms with van der Waals surface area (Å²) in [5.41, 5.74) is 0.232. The summed E-state index contributed by atoms with van der Waals surface area (Å²) >= 11 is 0. The number of fused-ring (bicyclic) bond motifs is 2. The molecular weight excluding hydrogens is 406 g/mol. The number of benzene rings is 2. The topological polar surface area (TPSA) is 79.0 Å². The number of carbonyl (C=O) groups is 1. The first-order valence-corrected chi connectivity index (χ1v) is 9.77. The van der Waals surface area contributed by atoms with Crippen molar-refractivity contribution in [3.8, 4) is 0 Å². The molecule has 4 rings (SSSR count). The number of ether oxygens (including phenoxy) is 1. The van der Waals surface area contributed by atoms with Gasteiger partial charge in [-0.1, -0.05) is 30.3 Å². The minimum Gasteiger partial charge on any atom is -0.450 e. The zero-order chi connectivity index (χ0) is 22.3. The number of nitrogens with zero attached hydrogens (tertiary/aromatic N) is 4. The van der Waals surface area contributed by atoms with Crippen molar-refractivity contribution < 1.29 is 18.3 Å². The summed E-state index contributed by atoms with van der Waals surface area (Å²) in [6.45, 7) is 2.15. The van der Waals surface area contributed by atoms with E-state index in [1.165, 1.54) is 17.7 Å². The Morgan fingerprint density at radius 2 is 1.65 bits per heavy atom. The second-order valence-electron chi connectivity index (χ2n) is 7.39. The molecule has 0 aliphatic carbocycles. The predicted molar refractivity (Wildman–Crippen MR) is 111 cm³/mol. The van der Waals surface area contributed by atoms with E-state index in [-0.39, 0.29) is 28.6 Å². The van der Waals surface area contributed by atoms with Crippen molar-refractivity contribution in [2.24, 2.45) is 0 Å². The Hall–Kier alpha value is -3.62. The van der Waals surface area contributed by atoms with Crippen molar-refractivity contribution in [3.05, 3.63) is 70.4 Å². The van der Waals surface area contributed by atoms with Gasteiger partial charge >= 0.3 is 12.5 Å². The third-order valence-corrected chi connectivity index (χ3v) is 4.98. The molecule has 1 unspecified atom stereocenters. The third-order valence-electron chi connectivity index (χ3n) is 4.98. The molecule has 2 aromatic heterocycles. The molecule has 0 aliphatic rings. The number of imidazole rings is 1. The molecule has 0 bridgehead atoms. The average molecular weight is 426 g/mol. The van der Waals surface area contributed by atoms with Crippen LogP contribution in [0.1, 0.15) is 55.8 Å². The Labute approximate surface area is 175 Å². The molecule has 0 saturated carbocycles. The Kier molecular flexibility index (Phi) is 5.26. The Balaban J connectivity index is 1.77. The van der Waals surface area contributed by atoms with Gasteiger partial charge in [0, 0.05) is 5.39 Å². The summed E-state index contributed by atoms with van der Waals surface area (Å²) in [6, 6.07) is 12.8. The van der Waals surface area contributed by atoms with E-state index in [0.29, 0.717) is 16.3 Å². The zero-order valence-electron chi connectivity index (χ0n) is 17.1. The Bertz CT molecular complexity index is 1340. The maximum absolute atomic E-state index is 13.7. The van der Waals surface area contributed by atoms with Crippen molar-refractivity contribution in [1.29, 1.82) is 0 Å². The Morgan fingerprint density at radius 3 is 2.32 bits per heavy atom. The fourth-order valence-corrected chi connectivity index (χ4v) is 3.53. The maximum atomic E-state index is 13.7. The van der Waals surface area contributed by atoms with Crippen LogP contribution < -0.4 is 5.56 Å². The van der Waals surface area contributed by atoms with Gasteiger partial charge in [0.05, 0.1) is 22.5 Å². The summed E-state index contributed by atoms with van der Waals surface area (Å²) in [5.74, 6) is -0.906. The van der Waals surface area contributed by atoms with Crippen LogP contribution in [0.3, 0.4) is 0 Å². The van der Waals surface area contributed by atoms with Gasteiger partial charge in [-0.05, 0) is 39.0 Å². The molecule has 0 radical (unpaired) electrons. The van der Waals surface area contributed by atoms with Gasteiger partial charge in [-0.3, -0.25) is 9.36 Å². The third kappa shape index (κ3) is 3.56. The molecule has 0 N–H and O–H groups in total. The van der Waals surface area contributed by atoms with Crippen molar-refractivity contribution in [2.75, 3.05) is 0 Å². The fraction of sp³-hybridized carbons (Fsp3) is 0.273. The standard InChI is InChI=1S/C22H20F2N4O3/c1-12(2)28-20(29)15-9-5-4-8-14(15)18(26-28)21(30)31-13(3)19-25-16-10-6-7-11-17(16)27(19)22(23)24/h4-13,22H,1-3H3. The lowest BCUT2D eigenvalue weighted by molar-refractivity contribution is 0.0227. The van der Waals surface area contributed by atoms with Gasteiger partial charge in [-0.2, -0.15) is 13.9 Å². The van der Waals surface area contributed by atoms with Crippen molar-refractivity contribution in [1.82, 2.24) is 19.3 Å². The second kappa shape index (κ2) is 7.90. The minimum atomic E-state index is -2.86. The van der Waals surface area contributed by atoms with E-state index >= 15 is 0 Å². The fourth-order valence-electron chi connectivity index (χ4n) is 3.53. The first-order valence-electron chi connectivity index (χ1n) is 9.77. The summed E-state index contributed by atoms with van der Waals surface area (Å²) in [4.78, 5) is 29.9. The SMILES string of the molecule is CC(OC(=O)c1nn(C(C)C)c(=O)c2ccccc12)c1nc2ccccc2n1C(F)F. The van der Waals surface area contributed by atoms with Crippen LogP contribution in [0.5, 0.6) is 0 Å². The van der Waals surface area contributed by atoms with Gasteiger partial charge in [0.1, 0.15) is 0 Å². The highest BCUT2D eigenvalue weighted by Gasteiger charge is 2.26. The van der Waals surface area contributed by atoms with E-state index in [4.69, 9.17) is 4.74 Å². The molecule has 9 heteroatoms. The molecule has 0 fully saturated rings. The number of halogens is 2. The van der Waals surface area contributed by atoms with E-state index in [1.807, 2.05) is 0 Å². The molecule has 2 aromatic carbocycles. The lowest BCUT2D eigenvalue weighted by Gasteiger charge is -2.17. The molecule has 0 amide bonds. The molecule has 4 aromatic rings. The highest BCUT2D eigenvalue weighted by atomic mass is 19.3. The molecule has 7 nitrogen and oxygen atoms in total. The van der Waals surface area contributed by atoms with Crippen molar-refractivity contribution in [3.63, 3.8) is 0 Å². The van der Waals surface area contributed by atoms with E-state index in [1.54, 1.807) is 56.3 Å². The largest absolute Gasteiger partial charge is 0.450 e. The lowest BCUT2D eigenvalue weighted by atomic mass is 10.1. The number of hydrogen-bond donors (Lipinski definition) is 0. The number of esters is 1. The van der Waals surface area contributed by atoms with E-state index in [0.717, 1.165) is 4.57 Å². The van der Waals surface area contributed by atoms with Crippen LogP contribution in [-0.4, -0.2) is 25.3 Å². The summed E-state index contributed by atoms with van der Waals surface area (Å²) in [6.07, 6.45) is -1.08. The highest BCUT2D eigenvalue weighted by molar-refractivity contribution is 6.02. The van der Waals surface area contributed by atoms with Crippen LogP contribution in [0.25, 0.3) is 21.8 Å². The number of aromatic nitrogens is 4. The monoisotopic (exact) mass is 426 g/mol. The van der Waals surface area contributed by atoms with Gasteiger partial charge in [-0.15, -0.1) is 0 Å². The maximum Gasteiger partial charge on any atom is 0.360 e. The van der Waals surface area contributed by atoms with Gasteiger partial charge in [0.25, 0.3) is 5.56 Å². The smallest absolute Gasteiger partial charge is 0.360 e. The lowest BCUT2D eigenvalue weighted by Crippen LogP contribution is -2.28. The number of hydrogen-bond acceptors (Lipinski definition) is 5. The van der Waals surface area contributed by atoms with Gasteiger partial charge in [0.2, 0.25) is 0 Å². The number of carbonyl (C=O) groups excluding carboxylic acids is 1. The van der Waals surface area contributed by atoms with E-state index in [2.05, 4.69) is 10.1 Å². The van der Waals surface area contributed by atoms with Crippen molar-refractivity contribution in [2.45, 2.75) is 39.5 Å². The molecular formula is C22H20F2N4O3. The molecule has 0 saturated heterocycles. The quantitative estimate of drug-likeness (QED) is 0.435. The molecule has 2 heterocycles. The zero-order valence-corrected chi connectivity index (χ0v) is 17.1. The number of rotatable bonds is 5. The average Bonchev–Trinajstić information content (AvgIpc) is 3.14. The molecule has 0 spiro atoms. The van der Waals surface area contributed by atoms with Gasteiger partial charge < -0.3 is 4.74 Å². The molecule has 31 heavy (non-hydrogen) atoms. The predicted octanol–water partition coefficient (Wildman–Crippen LogP) is 4.64. The Morgan fingerprint density at radius 1 is 1.00 bits per heavy atom. The first-order chi connectivity index (χ1) is 14.8.